The van der Waals surface area contributed by atoms with Gasteiger partial charge in [-0.25, -0.2) is 4.98 Å². The predicted octanol–water partition coefficient (Wildman–Crippen LogP) is 1.63. The molecule has 2 aromatic heterocycles. The van der Waals surface area contributed by atoms with Crippen LogP contribution in [0, 0.1) is 5.92 Å². The zero-order valence-corrected chi connectivity index (χ0v) is 12.8. The molecule has 0 aliphatic carbocycles. The van der Waals surface area contributed by atoms with Crippen LogP contribution in [0.3, 0.4) is 0 Å². The van der Waals surface area contributed by atoms with Crippen LogP contribution < -0.4 is 10.9 Å². The van der Waals surface area contributed by atoms with Crippen molar-refractivity contribution in [1.82, 2.24) is 24.9 Å². The highest BCUT2D eigenvalue weighted by atomic mass is 16.1. The molecule has 1 unspecified atom stereocenters. The molecule has 2 N–H and O–H groups in total. The summed E-state index contributed by atoms with van der Waals surface area (Å²) in [6.45, 7) is 2.09. The molecule has 1 aromatic carbocycles. The molecule has 0 amide bonds. The topological polar surface area (TPSA) is 75.1 Å². The molecular weight excluding hydrogens is 290 g/mol. The van der Waals surface area contributed by atoms with E-state index in [1.807, 2.05) is 30.3 Å². The number of hydrogen-bond acceptors (Lipinski definition) is 4. The van der Waals surface area contributed by atoms with E-state index in [-0.39, 0.29) is 5.56 Å². The maximum atomic E-state index is 12.3. The van der Waals surface area contributed by atoms with Crippen LogP contribution in [0.2, 0.25) is 0 Å². The first-order chi connectivity index (χ1) is 11.3. The Labute approximate surface area is 133 Å². The normalized spacial score (nSPS) is 18.3. The van der Waals surface area contributed by atoms with E-state index in [1.54, 1.807) is 6.07 Å². The van der Waals surface area contributed by atoms with Gasteiger partial charge in [-0.1, -0.05) is 30.3 Å². The zero-order valence-electron chi connectivity index (χ0n) is 12.8. The number of nitrogens with one attached hydrogen (secondary N) is 2. The molecular formula is C17H19N5O. The molecule has 0 spiro atoms. The average molecular weight is 309 g/mol. The van der Waals surface area contributed by atoms with Crippen molar-refractivity contribution in [2.75, 3.05) is 13.1 Å². The molecule has 0 bridgehead atoms. The average Bonchev–Trinajstić information content (AvgIpc) is 3.01. The number of rotatable bonds is 3. The van der Waals surface area contributed by atoms with Gasteiger partial charge in [-0.2, -0.15) is 9.50 Å². The summed E-state index contributed by atoms with van der Waals surface area (Å²) in [5.41, 5.74) is 1.66. The first-order valence-electron chi connectivity index (χ1n) is 8.04. The van der Waals surface area contributed by atoms with Crippen LogP contribution in [0.25, 0.3) is 17.2 Å². The number of piperidine rings is 1. The van der Waals surface area contributed by atoms with Crippen molar-refractivity contribution in [3.63, 3.8) is 0 Å². The Hall–Kier alpha value is -2.47. The Balaban J connectivity index is 1.68. The SMILES string of the molecule is O=c1cc(CC2CCCNC2)nc2nc(-c3ccccc3)[nH]n12. The lowest BCUT2D eigenvalue weighted by Gasteiger charge is -2.22. The van der Waals surface area contributed by atoms with Crippen molar-refractivity contribution >= 4 is 5.78 Å². The number of nitrogens with zero attached hydrogens (tertiary/aromatic N) is 3. The molecule has 1 saturated heterocycles. The summed E-state index contributed by atoms with van der Waals surface area (Å²) in [6, 6.07) is 11.4. The molecule has 6 heteroatoms. The fourth-order valence-electron chi connectivity index (χ4n) is 3.15. The molecule has 0 radical (unpaired) electrons. The summed E-state index contributed by atoms with van der Waals surface area (Å²) in [7, 11) is 0. The third-order valence-corrected chi connectivity index (χ3v) is 4.33. The molecule has 3 aromatic rings. The summed E-state index contributed by atoms with van der Waals surface area (Å²) < 4.78 is 1.41. The number of H-pyrrole nitrogens is 1. The Kier molecular flexibility index (Phi) is 3.67. The molecule has 23 heavy (non-hydrogen) atoms. The third kappa shape index (κ3) is 2.90. The summed E-state index contributed by atoms with van der Waals surface area (Å²) in [5, 5.41) is 6.43. The second-order valence-corrected chi connectivity index (χ2v) is 6.08. The van der Waals surface area contributed by atoms with Crippen molar-refractivity contribution in [2.45, 2.75) is 19.3 Å². The Morgan fingerprint density at radius 3 is 2.87 bits per heavy atom. The summed E-state index contributed by atoms with van der Waals surface area (Å²) in [6.07, 6.45) is 3.20. The van der Waals surface area contributed by atoms with Crippen molar-refractivity contribution in [2.24, 2.45) is 5.92 Å². The summed E-state index contributed by atoms with van der Waals surface area (Å²) in [4.78, 5) is 21.4. The summed E-state index contributed by atoms with van der Waals surface area (Å²) in [5.74, 6) is 1.65. The van der Waals surface area contributed by atoms with Crippen molar-refractivity contribution in [3.8, 4) is 11.4 Å². The van der Waals surface area contributed by atoms with Crippen LogP contribution in [0.15, 0.2) is 41.2 Å². The molecule has 1 fully saturated rings. The van der Waals surface area contributed by atoms with Gasteiger partial charge in [0.05, 0.1) is 5.69 Å². The molecule has 3 heterocycles. The number of fused-ring (bicyclic) bond motifs is 1. The van der Waals surface area contributed by atoms with Crippen LogP contribution >= 0.6 is 0 Å². The van der Waals surface area contributed by atoms with E-state index in [1.165, 1.54) is 17.4 Å². The molecule has 1 atom stereocenters. The summed E-state index contributed by atoms with van der Waals surface area (Å²) >= 11 is 0. The Morgan fingerprint density at radius 1 is 1.22 bits per heavy atom. The van der Waals surface area contributed by atoms with Crippen molar-refractivity contribution in [3.05, 3.63) is 52.4 Å². The van der Waals surface area contributed by atoms with Gasteiger partial charge in [-0.15, -0.1) is 0 Å². The lowest BCUT2D eigenvalue weighted by molar-refractivity contribution is 0.373. The highest BCUT2D eigenvalue weighted by Crippen LogP contribution is 2.16. The third-order valence-electron chi connectivity index (χ3n) is 4.33. The van der Waals surface area contributed by atoms with E-state index in [9.17, 15) is 4.79 Å². The van der Waals surface area contributed by atoms with Gasteiger partial charge in [-0.05, 0) is 38.3 Å². The minimum Gasteiger partial charge on any atom is -0.316 e. The second kappa shape index (κ2) is 5.96. The minimum absolute atomic E-state index is 0.108. The number of aromatic amines is 1. The smallest absolute Gasteiger partial charge is 0.274 e. The second-order valence-electron chi connectivity index (χ2n) is 6.08. The standard InChI is InChI=1S/C17H19N5O/c23-15-10-14(9-12-5-4-8-18-11-12)19-17-20-16(21-22(15)17)13-6-2-1-3-7-13/h1-3,6-7,10,12,18H,4-5,8-9,11H2,(H,19,20,21). The van der Waals surface area contributed by atoms with E-state index < -0.39 is 0 Å². The fourth-order valence-corrected chi connectivity index (χ4v) is 3.15. The molecule has 0 saturated carbocycles. The van der Waals surface area contributed by atoms with Gasteiger partial charge < -0.3 is 5.32 Å². The molecule has 1 aliphatic heterocycles. The van der Waals surface area contributed by atoms with Crippen LogP contribution in [-0.2, 0) is 6.42 Å². The van der Waals surface area contributed by atoms with E-state index >= 15 is 0 Å². The van der Waals surface area contributed by atoms with Gasteiger partial charge in [0.25, 0.3) is 11.3 Å². The van der Waals surface area contributed by atoms with E-state index in [2.05, 4.69) is 20.4 Å². The number of hydrogen-bond donors (Lipinski definition) is 2. The van der Waals surface area contributed by atoms with Gasteiger partial charge in [0.1, 0.15) is 0 Å². The van der Waals surface area contributed by atoms with Gasteiger partial charge in [0.15, 0.2) is 5.82 Å². The van der Waals surface area contributed by atoms with Gasteiger partial charge >= 0.3 is 0 Å². The minimum atomic E-state index is -0.108. The maximum Gasteiger partial charge on any atom is 0.274 e. The largest absolute Gasteiger partial charge is 0.316 e. The highest BCUT2D eigenvalue weighted by molar-refractivity contribution is 5.56. The molecule has 1 aliphatic rings. The Bertz CT molecular complexity index is 862. The van der Waals surface area contributed by atoms with E-state index in [0.29, 0.717) is 17.5 Å². The Morgan fingerprint density at radius 2 is 2.09 bits per heavy atom. The monoisotopic (exact) mass is 309 g/mol. The van der Waals surface area contributed by atoms with Gasteiger partial charge in [0, 0.05) is 11.6 Å². The van der Waals surface area contributed by atoms with Gasteiger partial charge in [-0.3, -0.25) is 9.89 Å². The van der Waals surface area contributed by atoms with Crippen molar-refractivity contribution in [1.29, 1.82) is 0 Å². The molecule has 118 valence electrons. The van der Waals surface area contributed by atoms with Crippen LogP contribution in [0.1, 0.15) is 18.5 Å². The lowest BCUT2D eigenvalue weighted by Crippen LogP contribution is -2.31. The number of aromatic nitrogens is 4. The highest BCUT2D eigenvalue weighted by Gasteiger charge is 2.16. The van der Waals surface area contributed by atoms with Crippen LogP contribution in [0.4, 0.5) is 0 Å². The van der Waals surface area contributed by atoms with E-state index in [4.69, 9.17) is 0 Å². The first kappa shape index (κ1) is 14.1. The van der Waals surface area contributed by atoms with Crippen LogP contribution in [0.5, 0.6) is 0 Å². The van der Waals surface area contributed by atoms with Gasteiger partial charge in [0.2, 0.25) is 0 Å². The molecule has 4 rings (SSSR count). The fraction of sp³-hybridized carbons (Fsp3) is 0.353. The quantitative estimate of drug-likeness (QED) is 0.771. The van der Waals surface area contributed by atoms with Crippen LogP contribution in [-0.4, -0.2) is 32.7 Å². The maximum absolute atomic E-state index is 12.3. The predicted molar refractivity (Wildman–Crippen MR) is 88.3 cm³/mol. The lowest BCUT2D eigenvalue weighted by atomic mass is 9.95. The number of benzene rings is 1. The zero-order chi connectivity index (χ0) is 15.6. The van der Waals surface area contributed by atoms with Crippen molar-refractivity contribution < 1.29 is 0 Å². The molecule has 6 nitrogen and oxygen atoms in total. The van der Waals surface area contributed by atoms with E-state index in [0.717, 1.165) is 30.8 Å². The first-order valence-corrected chi connectivity index (χ1v) is 8.04.